The van der Waals surface area contributed by atoms with E-state index in [4.69, 9.17) is 4.42 Å². The molecule has 78 valence electrons. The summed E-state index contributed by atoms with van der Waals surface area (Å²) in [5, 5.41) is 7.80. The van der Waals surface area contributed by atoms with Crippen LogP contribution in [0.15, 0.2) is 33.6 Å². The molecule has 1 aliphatic carbocycles. The lowest BCUT2D eigenvalue weighted by Gasteiger charge is -2.23. The lowest BCUT2D eigenvalue weighted by atomic mass is 9.93. The van der Waals surface area contributed by atoms with Gasteiger partial charge in [-0.1, -0.05) is 0 Å². The second-order valence-corrected chi connectivity index (χ2v) is 4.68. The highest BCUT2D eigenvalue weighted by Gasteiger charge is 2.22. The number of thiophene rings is 1. The largest absolute Gasteiger partial charge is 0.469 e. The number of furan rings is 1. The Morgan fingerprint density at radius 1 is 1.40 bits per heavy atom. The minimum atomic E-state index is 0.432. The van der Waals surface area contributed by atoms with Crippen molar-refractivity contribution in [3.63, 3.8) is 0 Å². The van der Waals surface area contributed by atoms with Crippen LogP contribution in [-0.4, -0.2) is 0 Å². The van der Waals surface area contributed by atoms with E-state index in [9.17, 15) is 0 Å². The van der Waals surface area contributed by atoms with Crippen LogP contribution in [0, 0.1) is 0 Å². The van der Waals surface area contributed by atoms with Crippen molar-refractivity contribution in [1.82, 2.24) is 0 Å². The zero-order chi connectivity index (χ0) is 10.1. The zero-order valence-corrected chi connectivity index (χ0v) is 9.22. The Hall–Kier alpha value is -1.22. The van der Waals surface area contributed by atoms with Crippen LogP contribution < -0.4 is 5.32 Å². The van der Waals surface area contributed by atoms with E-state index in [1.165, 1.54) is 24.1 Å². The molecule has 0 spiro atoms. The van der Waals surface area contributed by atoms with Crippen molar-refractivity contribution in [1.29, 1.82) is 0 Å². The molecule has 0 saturated carbocycles. The van der Waals surface area contributed by atoms with E-state index < -0.39 is 0 Å². The Morgan fingerprint density at radius 3 is 3.27 bits per heavy atom. The summed E-state index contributed by atoms with van der Waals surface area (Å²) in [4.78, 5) is 0. The van der Waals surface area contributed by atoms with Crippen molar-refractivity contribution < 1.29 is 4.42 Å². The van der Waals surface area contributed by atoms with Crippen LogP contribution in [0.5, 0.6) is 0 Å². The molecule has 0 saturated heterocycles. The predicted octanol–water partition coefficient (Wildman–Crippen LogP) is 3.83. The first-order chi connectivity index (χ1) is 7.43. The summed E-state index contributed by atoms with van der Waals surface area (Å²) in [7, 11) is 0. The molecule has 1 aliphatic rings. The molecule has 1 N–H and O–H groups in total. The summed E-state index contributed by atoms with van der Waals surface area (Å²) in [5.41, 5.74) is 2.56. The monoisotopic (exact) mass is 219 g/mol. The van der Waals surface area contributed by atoms with Gasteiger partial charge < -0.3 is 9.73 Å². The fourth-order valence-electron chi connectivity index (χ4n) is 2.18. The van der Waals surface area contributed by atoms with E-state index in [-0.39, 0.29) is 0 Å². The van der Waals surface area contributed by atoms with E-state index in [1.54, 1.807) is 17.6 Å². The molecule has 0 fully saturated rings. The molecular weight excluding hydrogens is 206 g/mol. The summed E-state index contributed by atoms with van der Waals surface area (Å²) in [6, 6.07) is 4.65. The van der Waals surface area contributed by atoms with E-state index in [1.807, 2.05) is 0 Å². The maximum Gasteiger partial charge on any atom is 0.109 e. The Kier molecular flexibility index (Phi) is 2.25. The smallest absolute Gasteiger partial charge is 0.109 e. The Balaban J connectivity index is 1.84. The highest BCUT2D eigenvalue weighted by atomic mass is 32.1. The van der Waals surface area contributed by atoms with Gasteiger partial charge in [0.25, 0.3) is 0 Å². The molecule has 2 nitrogen and oxygen atoms in total. The fraction of sp³-hybridized carbons (Fsp3) is 0.333. The number of fused-ring (bicyclic) bond motifs is 1. The standard InChI is InChI=1S/C12H13NOS/c1-2-11(13-9-5-7-15-8-9)10-4-6-14-12(10)3-1/h4-8,11,13H,1-3H2. The van der Waals surface area contributed by atoms with Crippen LogP contribution in [0.3, 0.4) is 0 Å². The number of hydrogen-bond acceptors (Lipinski definition) is 3. The van der Waals surface area contributed by atoms with Crippen LogP contribution >= 0.6 is 11.3 Å². The SMILES string of the molecule is c1cc2c(o1)CCCC2Nc1ccsc1. The van der Waals surface area contributed by atoms with Crippen LogP contribution in [0.1, 0.15) is 30.2 Å². The summed E-state index contributed by atoms with van der Waals surface area (Å²) >= 11 is 1.73. The Morgan fingerprint density at radius 2 is 2.40 bits per heavy atom. The van der Waals surface area contributed by atoms with Crippen molar-refractivity contribution in [2.45, 2.75) is 25.3 Å². The number of aryl methyl sites for hydroxylation is 1. The van der Waals surface area contributed by atoms with Crippen molar-refractivity contribution >= 4 is 17.0 Å². The summed E-state index contributed by atoms with van der Waals surface area (Å²) < 4.78 is 5.47. The molecule has 1 unspecified atom stereocenters. The second kappa shape index (κ2) is 3.74. The van der Waals surface area contributed by atoms with Gasteiger partial charge in [-0.2, -0.15) is 11.3 Å². The summed E-state index contributed by atoms with van der Waals surface area (Å²) in [6.07, 6.45) is 5.30. The van der Waals surface area contributed by atoms with Gasteiger partial charge in [0.2, 0.25) is 0 Å². The van der Waals surface area contributed by atoms with E-state index in [0.29, 0.717) is 6.04 Å². The summed E-state index contributed by atoms with van der Waals surface area (Å²) in [5.74, 6) is 1.16. The third-order valence-electron chi connectivity index (χ3n) is 2.91. The van der Waals surface area contributed by atoms with Crippen LogP contribution in [0.2, 0.25) is 0 Å². The van der Waals surface area contributed by atoms with Gasteiger partial charge in [-0.05, 0) is 30.4 Å². The maximum absolute atomic E-state index is 5.47. The van der Waals surface area contributed by atoms with Gasteiger partial charge in [0.15, 0.2) is 0 Å². The molecule has 1 atom stereocenters. The number of rotatable bonds is 2. The minimum Gasteiger partial charge on any atom is -0.469 e. The van der Waals surface area contributed by atoms with Crippen LogP contribution in [-0.2, 0) is 6.42 Å². The minimum absolute atomic E-state index is 0.432. The van der Waals surface area contributed by atoms with Crippen molar-refractivity contribution in [3.05, 3.63) is 40.5 Å². The third kappa shape index (κ3) is 1.67. The van der Waals surface area contributed by atoms with Gasteiger partial charge in [-0.15, -0.1) is 0 Å². The maximum atomic E-state index is 5.47. The van der Waals surface area contributed by atoms with E-state index in [0.717, 1.165) is 12.2 Å². The van der Waals surface area contributed by atoms with Crippen LogP contribution in [0.4, 0.5) is 5.69 Å². The van der Waals surface area contributed by atoms with Gasteiger partial charge in [-0.25, -0.2) is 0 Å². The van der Waals surface area contributed by atoms with Gasteiger partial charge in [0.05, 0.1) is 12.3 Å². The van der Waals surface area contributed by atoms with Crippen molar-refractivity contribution in [2.75, 3.05) is 5.32 Å². The molecule has 0 aliphatic heterocycles. The van der Waals surface area contributed by atoms with Crippen molar-refractivity contribution in [2.24, 2.45) is 0 Å². The van der Waals surface area contributed by atoms with Gasteiger partial charge in [-0.3, -0.25) is 0 Å². The first kappa shape index (κ1) is 9.04. The molecule has 0 amide bonds. The number of anilines is 1. The molecule has 0 bridgehead atoms. The van der Waals surface area contributed by atoms with Gasteiger partial charge >= 0.3 is 0 Å². The van der Waals surface area contributed by atoms with Gasteiger partial charge in [0, 0.05) is 23.1 Å². The quantitative estimate of drug-likeness (QED) is 0.830. The Labute approximate surface area is 92.9 Å². The van der Waals surface area contributed by atoms with Crippen LogP contribution in [0.25, 0.3) is 0 Å². The van der Waals surface area contributed by atoms with E-state index >= 15 is 0 Å². The third-order valence-corrected chi connectivity index (χ3v) is 3.60. The molecule has 2 aromatic rings. The predicted molar refractivity (Wildman–Crippen MR) is 62.3 cm³/mol. The topological polar surface area (TPSA) is 25.2 Å². The van der Waals surface area contributed by atoms with Gasteiger partial charge in [0.1, 0.15) is 5.76 Å². The molecule has 0 radical (unpaired) electrons. The first-order valence-corrected chi connectivity index (χ1v) is 6.23. The average Bonchev–Trinajstić information content (AvgIpc) is 2.87. The van der Waals surface area contributed by atoms with E-state index in [2.05, 4.69) is 28.2 Å². The zero-order valence-electron chi connectivity index (χ0n) is 8.40. The molecule has 2 aromatic heterocycles. The highest BCUT2D eigenvalue weighted by molar-refractivity contribution is 7.08. The normalized spacial score (nSPS) is 19.9. The van der Waals surface area contributed by atoms with Crippen molar-refractivity contribution in [3.8, 4) is 0 Å². The number of nitrogens with one attached hydrogen (secondary N) is 1. The lowest BCUT2D eigenvalue weighted by Crippen LogP contribution is -2.15. The first-order valence-electron chi connectivity index (χ1n) is 5.28. The molecular formula is C12H13NOS. The molecule has 2 heterocycles. The Bertz CT molecular complexity index is 432. The molecule has 0 aromatic carbocycles. The molecule has 15 heavy (non-hydrogen) atoms. The molecule has 3 heteroatoms. The summed E-state index contributed by atoms with van der Waals surface area (Å²) in [6.45, 7) is 0. The molecule has 3 rings (SSSR count). The lowest BCUT2D eigenvalue weighted by molar-refractivity contribution is 0.461. The fourth-order valence-corrected chi connectivity index (χ4v) is 2.78. The highest BCUT2D eigenvalue weighted by Crippen LogP contribution is 2.33. The number of hydrogen-bond donors (Lipinski definition) is 1. The second-order valence-electron chi connectivity index (χ2n) is 3.90. The average molecular weight is 219 g/mol.